The van der Waals surface area contributed by atoms with Crippen LogP contribution in [0.25, 0.3) is 0 Å². The zero-order valence-electron chi connectivity index (χ0n) is 19.9. The lowest BCUT2D eigenvalue weighted by molar-refractivity contribution is -0.137. The van der Waals surface area contributed by atoms with E-state index in [1.807, 2.05) is 18.2 Å². The number of benzene rings is 2. The lowest BCUT2D eigenvalue weighted by Gasteiger charge is -2.32. The number of nitrogens with one attached hydrogen (secondary N) is 2. The Kier molecular flexibility index (Phi) is 6.38. The summed E-state index contributed by atoms with van der Waals surface area (Å²) in [5.74, 6) is -0.399. The van der Waals surface area contributed by atoms with E-state index in [9.17, 15) is 19.2 Å². The van der Waals surface area contributed by atoms with Crippen LogP contribution < -0.4 is 10.6 Å². The molecule has 35 heavy (non-hydrogen) atoms. The number of likely N-dealkylation sites (tertiary alicyclic amines) is 1. The van der Waals surface area contributed by atoms with Gasteiger partial charge in [-0.1, -0.05) is 24.3 Å². The van der Waals surface area contributed by atoms with Crippen molar-refractivity contribution in [3.05, 3.63) is 64.7 Å². The van der Waals surface area contributed by atoms with Gasteiger partial charge in [-0.05, 0) is 73.2 Å². The van der Waals surface area contributed by atoms with Gasteiger partial charge in [-0.25, -0.2) is 0 Å². The minimum absolute atomic E-state index is 0.0700. The van der Waals surface area contributed by atoms with Gasteiger partial charge in [-0.3, -0.25) is 29.4 Å². The zero-order chi connectivity index (χ0) is 24.5. The lowest BCUT2D eigenvalue weighted by atomic mass is 9.87. The quantitative estimate of drug-likeness (QED) is 0.650. The number of hydrogen-bond acceptors (Lipinski definition) is 5. The Morgan fingerprint density at radius 1 is 1.03 bits per heavy atom. The summed E-state index contributed by atoms with van der Waals surface area (Å²) in [6, 6.07) is 13.5. The molecule has 8 heteroatoms. The maximum absolute atomic E-state index is 12.9. The van der Waals surface area contributed by atoms with Crippen molar-refractivity contribution >= 4 is 29.3 Å². The van der Waals surface area contributed by atoms with Crippen molar-refractivity contribution in [3.63, 3.8) is 0 Å². The molecule has 3 aliphatic heterocycles. The fourth-order valence-corrected chi connectivity index (χ4v) is 5.43. The van der Waals surface area contributed by atoms with E-state index in [2.05, 4.69) is 39.8 Å². The number of anilines is 1. The molecule has 2 N–H and O–H groups in total. The molecular weight excluding hydrogens is 444 g/mol. The fraction of sp³-hybridized carbons (Fsp3) is 0.407. The van der Waals surface area contributed by atoms with Gasteiger partial charge < -0.3 is 10.2 Å². The number of nitrogens with zero attached hydrogens (tertiary/aromatic N) is 2. The highest BCUT2D eigenvalue weighted by molar-refractivity contribution is 6.05. The molecule has 2 saturated heterocycles. The Hall–Kier alpha value is -3.52. The van der Waals surface area contributed by atoms with Crippen molar-refractivity contribution < 1.29 is 19.2 Å². The number of amides is 4. The van der Waals surface area contributed by atoms with Gasteiger partial charge in [0.2, 0.25) is 17.7 Å². The molecule has 0 aliphatic carbocycles. The number of piperidine rings is 2. The van der Waals surface area contributed by atoms with Crippen molar-refractivity contribution in [3.8, 4) is 0 Å². The summed E-state index contributed by atoms with van der Waals surface area (Å²) in [6.07, 6.45) is 2.74. The second kappa shape index (κ2) is 9.62. The molecule has 5 rings (SSSR count). The van der Waals surface area contributed by atoms with Crippen molar-refractivity contribution in [1.82, 2.24) is 15.1 Å². The average molecular weight is 475 g/mol. The fourth-order valence-electron chi connectivity index (χ4n) is 5.43. The lowest BCUT2D eigenvalue weighted by Crippen LogP contribution is -2.52. The predicted octanol–water partition coefficient (Wildman–Crippen LogP) is 2.79. The number of imide groups is 1. The summed E-state index contributed by atoms with van der Waals surface area (Å²) in [4.78, 5) is 51.9. The predicted molar refractivity (Wildman–Crippen MR) is 130 cm³/mol. The van der Waals surface area contributed by atoms with Gasteiger partial charge in [0.15, 0.2) is 0 Å². The van der Waals surface area contributed by atoms with E-state index in [1.165, 1.54) is 18.1 Å². The number of rotatable bonds is 5. The first kappa shape index (κ1) is 23.2. The molecule has 0 saturated carbocycles. The molecule has 0 spiro atoms. The third kappa shape index (κ3) is 4.98. The highest BCUT2D eigenvalue weighted by atomic mass is 16.2. The first-order valence-corrected chi connectivity index (χ1v) is 12.2. The zero-order valence-corrected chi connectivity index (χ0v) is 19.9. The van der Waals surface area contributed by atoms with E-state index in [4.69, 9.17) is 0 Å². The molecule has 2 fully saturated rings. The molecule has 182 valence electrons. The topological polar surface area (TPSA) is 98.8 Å². The highest BCUT2D eigenvalue weighted by Crippen LogP contribution is 2.34. The van der Waals surface area contributed by atoms with Gasteiger partial charge >= 0.3 is 0 Å². The molecule has 1 atom stereocenters. The molecule has 2 aromatic rings. The van der Waals surface area contributed by atoms with Crippen molar-refractivity contribution in [2.45, 2.75) is 57.7 Å². The van der Waals surface area contributed by atoms with Crippen LogP contribution in [0.5, 0.6) is 0 Å². The van der Waals surface area contributed by atoms with Crippen LogP contribution in [0.1, 0.15) is 65.6 Å². The molecular formula is C27H30N4O4. The van der Waals surface area contributed by atoms with Gasteiger partial charge in [0.1, 0.15) is 6.04 Å². The van der Waals surface area contributed by atoms with Crippen LogP contribution in [0.3, 0.4) is 0 Å². The smallest absolute Gasteiger partial charge is 0.255 e. The van der Waals surface area contributed by atoms with E-state index in [0.29, 0.717) is 24.4 Å². The SMILES string of the molecule is CC(=O)Nc1ccc(CN2CCC(c3ccc4c(c3)CN(C3CCC(=O)NC3=O)C4=O)CC2)cc1. The Bertz CT molecular complexity index is 1170. The molecule has 0 radical (unpaired) electrons. The normalized spacial score (nSPS) is 21.1. The Morgan fingerprint density at radius 3 is 2.46 bits per heavy atom. The van der Waals surface area contributed by atoms with Gasteiger partial charge in [-0.15, -0.1) is 0 Å². The van der Waals surface area contributed by atoms with Crippen molar-refractivity contribution in [1.29, 1.82) is 0 Å². The first-order chi connectivity index (χ1) is 16.9. The standard InChI is InChI=1S/C27H30N4O4/c1-17(32)28-22-5-2-18(3-6-22)15-30-12-10-19(11-13-30)20-4-7-23-21(14-20)16-31(27(23)35)24-8-9-25(33)29-26(24)34/h2-7,14,19,24H,8-13,15-16H2,1H3,(H,28,32)(H,29,33,34). The van der Waals surface area contributed by atoms with Gasteiger partial charge in [0.25, 0.3) is 5.91 Å². The average Bonchev–Trinajstić information content (AvgIpc) is 3.16. The molecule has 2 aromatic carbocycles. The maximum atomic E-state index is 12.9. The van der Waals surface area contributed by atoms with E-state index in [-0.39, 0.29) is 30.0 Å². The maximum Gasteiger partial charge on any atom is 0.255 e. The summed E-state index contributed by atoms with van der Waals surface area (Å²) < 4.78 is 0. The third-order valence-corrected chi connectivity index (χ3v) is 7.29. The van der Waals surface area contributed by atoms with Gasteiger partial charge in [0, 0.05) is 37.7 Å². The largest absolute Gasteiger partial charge is 0.326 e. The van der Waals surface area contributed by atoms with Crippen molar-refractivity contribution in [2.24, 2.45) is 0 Å². The molecule has 1 unspecified atom stereocenters. The Labute approximate surface area is 204 Å². The highest BCUT2D eigenvalue weighted by Gasteiger charge is 2.39. The minimum atomic E-state index is -0.577. The van der Waals surface area contributed by atoms with E-state index >= 15 is 0 Å². The third-order valence-electron chi connectivity index (χ3n) is 7.29. The summed E-state index contributed by atoms with van der Waals surface area (Å²) in [5, 5.41) is 5.15. The summed E-state index contributed by atoms with van der Waals surface area (Å²) in [6.45, 7) is 4.80. The van der Waals surface area contributed by atoms with E-state index < -0.39 is 6.04 Å². The monoisotopic (exact) mass is 474 g/mol. The van der Waals surface area contributed by atoms with Crippen LogP contribution in [-0.2, 0) is 27.5 Å². The molecule has 3 heterocycles. The van der Waals surface area contributed by atoms with Crippen LogP contribution in [-0.4, -0.2) is 52.6 Å². The summed E-state index contributed by atoms with van der Waals surface area (Å²) in [7, 11) is 0. The number of carbonyl (C=O) groups is 4. The number of hydrogen-bond donors (Lipinski definition) is 2. The van der Waals surface area contributed by atoms with Crippen molar-refractivity contribution in [2.75, 3.05) is 18.4 Å². The van der Waals surface area contributed by atoms with Gasteiger partial charge in [-0.2, -0.15) is 0 Å². The second-order valence-electron chi connectivity index (χ2n) is 9.75. The summed E-state index contributed by atoms with van der Waals surface area (Å²) >= 11 is 0. The molecule has 0 aromatic heterocycles. The minimum Gasteiger partial charge on any atom is -0.326 e. The number of carbonyl (C=O) groups excluding carboxylic acids is 4. The number of fused-ring (bicyclic) bond motifs is 1. The molecule has 0 bridgehead atoms. The van der Waals surface area contributed by atoms with Crippen LogP contribution >= 0.6 is 0 Å². The second-order valence-corrected chi connectivity index (χ2v) is 9.75. The molecule has 8 nitrogen and oxygen atoms in total. The van der Waals surface area contributed by atoms with E-state index in [1.54, 1.807) is 4.90 Å². The summed E-state index contributed by atoms with van der Waals surface area (Å²) in [5.41, 5.74) is 4.92. The van der Waals surface area contributed by atoms with Gasteiger partial charge in [0.05, 0.1) is 0 Å². The molecule has 4 amide bonds. The Morgan fingerprint density at radius 2 is 1.77 bits per heavy atom. The first-order valence-electron chi connectivity index (χ1n) is 12.2. The molecule has 3 aliphatic rings. The Balaban J connectivity index is 1.18. The van der Waals surface area contributed by atoms with Crippen LogP contribution in [0.2, 0.25) is 0 Å². The van der Waals surface area contributed by atoms with Crippen LogP contribution in [0.4, 0.5) is 5.69 Å². The van der Waals surface area contributed by atoms with Crippen LogP contribution in [0, 0.1) is 0 Å². The van der Waals surface area contributed by atoms with E-state index in [0.717, 1.165) is 43.7 Å². The van der Waals surface area contributed by atoms with Crippen LogP contribution in [0.15, 0.2) is 42.5 Å².